The Morgan fingerprint density at radius 3 is 2.48 bits per heavy atom. The predicted molar refractivity (Wildman–Crippen MR) is 81.7 cm³/mol. The molecule has 0 N–H and O–H groups in total. The predicted octanol–water partition coefficient (Wildman–Crippen LogP) is 2.01. The van der Waals surface area contributed by atoms with Crippen LogP contribution in [0.25, 0.3) is 0 Å². The van der Waals surface area contributed by atoms with Crippen LogP contribution in [0.1, 0.15) is 34.3 Å². The van der Waals surface area contributed by atoms with E-state index in [0.29, 0.717) is 11.3 Å². The number of hydrogen-bond acceptors (Lipinski definition) is 5. The normalized spacial score (nSPS) is 27.2. The van der Waals surface area contributed by atoms with Gasteiger partial charge in [-0.3, -0.25) is 9.59 Å². The molecular weight excluding hydrogens is 296 g/mol. The zero-order valence-corrected chi connectivity index (χ0v) is 13.2. The minimum absolute atomic E-state index is 0.0939. The highest BCUT2D eigenvalue weighted by molar-refractivity contribution is 6.12. The van der Waals surface area contributed by atoms with Gasteiger partial charge in [-0.25, -0.2) is 0 Å². The first-order valence-electron chi connectivity index (χ1n) is 7.77. The number of carbonyl (C=O) groups is 2. The molecule has 3 aliphatic rings. The van der Waals surface area contributed by atoms with E-state index in [-0.39, 0.29) is 18.0 Å². The van der Waals surface area contributed by atoms with Crippen LogP contribution in [0.3, 0.4) is 0 Å². The smallest absolute Gasteiger partial charge is 0.237 e. The summed E-state index contributed by atoms with van der Waals surface area (Å²) < 4.78 is 17.1. The summed E-state index contributed by atoms with van der Waals surface area (Å²) in [6.07, 6.45) is 5.84. The summed E-state index contributed by atoms with van der Waals surface area (Å²) in [6.45, 7) is 0. The minimum atomic E-state index is -1.49. The maximum absolute atomic E-state index is 13.2. The van der Waals surface area contributed by atoms with E-state index in [1.54, 1.807) is 0 Å². The van der Waals surface area contributed by atoms with Gasteiger partial charge in [0.25, 0.3) is 0 Å². The van der Waals surface area contributed by atoms with Gasteiger partial charge in [-0.15, -0.1) is 0 Å². The van der Waals surface area contributed by atoms with Crippen LogP contribution in [0.15, 0.2) is 24.3 Å². The number of ether oxygens (including phenoxy) is 3. The Balaban J connectivity index is 1.88. The van der Waals surface area contributed by atoms with Gasteiger partial charge in [-0.1, -0.05) is 0 Å². The summed E-state index contributed by atoms with van der Waals surface area (Å²) in [5.41, 5.74) is 1.44. The number of aryl methyl sites for hydroxylation is 2. The average molecular weight is 314 g/mol. The minimum Gasteiger partial charge on any atom is -0.472 e. The Kier molecular flexibility index (Phi) is 3.02. The Bertz CT molecular complexity index is 744. The monoisotopic (exact) mass is 314 g/mol. The molecule has 4 rings (SSSR count). The number of allylic oxidation sites excluding steroid dienone is 1. The van der Waals surface area contributed by atoms with Gasteiger partial charge in [0.1, 0.15) is 5.75 Å². The van der Waals surface area contributed by atoms with Crippen molar-refractivity contribution in [2.75, 3.05) is 14.2 Å². The van der Waals surface area contributed by atoms with Gasteiger partial charge in [0.15, 0.2) is 5.78 Å². The number of benzene rings is 1. The summed E-state index contributed by atoms with van der Waals surface area (Å²) in [7, 11) is 2.90. The third kappa shape index (κ3) is 1.75. The Labute approximate surface area is 134 Å². The van der Waals surface area contributed by atoms with Crippen molar-refractivity contribution in [2.24, 2.45) is 0 Å². The molecule has 0 aromatic heterocycles. The first-order chi connectivity index (χ1) is 11.0. The van der Waals surface area contributed by atoms with Crippen molar-refractivity contribution < 1.29 is 23.8 Å². The Morgan fingerprint density at radius 2 is 1.78 bits per heavy atom. The zero-order valence-electron chi connectivity index (χ0n) is 13.2. The lowest BCUT2D eigenvalue weighted by atomic mass is 9.78. The summed E-state index contributed by atoms with van der Waals surface area (Å²) in [5, 5.41) is 0. The highest BCUT2D eigenvalue weighted by Crippen LogP contribution is 2.48. The lowest BCUT2D eigenvalue weighted by Gasteiger charge is -2.43. The summed E-state index contributed by atoms with van der Waals surface area (Å²) >= 11 is 0. The molecule has 0 saturated heterocycles. The van der Waals surface area contributed by atoms with Crippen molar-refractivity contribution in [2.45, 2.75) is 37.1 Å². The van der Waals surface area contributed by atoms with Gasteiger partial charge in [0, 0.05) is 14.2 Å². The molecule has 1 aromatic carbocycles. The molecule has 0 fully saturated rings. The number of methoxy groups -OCH3 is 2. The van der Waals surface area contributed by atoms with E-state index in [9.17, 15) is 9.59 Å². The van der Waals surface area contributed by atoms with Crippen LogP contribution < -0.4 is 4.74 Å². The average Bonchev–Trinajstić information content (AvgIpc) is 3.10. The molecule has 1 aliphatic heterocycles. The van der Waals surface area contributed by atoms with Crippen LogP contribution in [0.5, 0.6) is 5.75 Å². The van der Waals surface area contributed by atoms with Crippen molar-refractivity contribution in [3.05, 3.63) is 41.0 Å². The molecule has 0 radical (unpaired) electrons. The van der Waals surface area contributed by atoms with E-state index in [1.807, 2.05) is 12.1 Å². The quantitative estimate of drug-likeness (QED) is 0.782. The molecule has 5 heteroatoms. The second kappa shape index (κ2) is 4.76. The SMILES string of the molecule is COC1(OC)C=CC(=O)CC12Oc1cc3c(cc1C2=O)CCC3. The van der Waals surface area contributed by atoms with Gasteiger partial charge < -0.3 is 14.2 Å². The molecule has 23 heavy (non-hydrogen) atoms. The Hall–Kier alpha value is -1.98. The standard InChI is InChI=1S/C18H18O5/c1-21-18(22-2)7-6-13(19)10-17(18)16(20)14-8-11-4-3-5-12(11)9-15(14)23-17/h6-9H,3-5,10H2,1-2H3. The van der Waals surface area contributed by atoms with Crippen molar-refractivity contribution in [3.63, 3.8) is 0 Å². The van der Waals surface area contributed by atoms with Crippen LogP contribution >= 0.6 is 0 Å². The van der Waals surface area contributed by atoms with Crippen molar-refractivity contribution >= 4 is 11.6 Å². The zero-order chi connectivity index (χ0) is 16.2. The maximum atomic E-state index is 13.2. The fourth-order valence-corrected chi connectivity index (χ4v) is 3.97. The second-order valence-electron chi connectivity index (χ2n) is 6.28. The summed E-state index contributed by atoms with van der Waals surface area (Å²) in [6, 6.07) is 3.84. The fraction of sp³-hybridized carbons (Fsp3) is 0.444. The number of carbonyl (C=O) groups excluding carboxylic acids is 2. The Morgan fingerprint density at radius 1 is 1.09 bits per heavy atom. The molecule has 120 valence electrons. The molecule has 1 aromatic rings. The third-order valence-corrected chi connectivity index (χ3v) is 5.17. The van der Waals surface area contributed by atoms with Crippen LogP contribution in [-0.4, -0.2) is 37.2 Å². The van der Waals surface area contributed by atoms with E-state index in [4.69, 9.17) is 14.2 Å². The van der Waals surface area contributed by atoms with Gasteiger partial charge in [-0.2, -0.15) is 0 Å². The molecule has 1 heterocycles. The van der Waals surface area contributed by atoms with Crippen LogP contribution in [0.2, 0.25) is 0 Å². The van der Waals surface area contributed by atoms with Crippen molar-refractivity contribution in [1.29, 1.82) is 0 Å². The fourth-order valence-electron chi connectivity index (χ4n) is 3.97. The number of hydrogen-bond donors (Lipinski definition) is 0. The van der Waals surface area contributed by atoms with E-state index >= 15 is 0 Å². The van der Waals surface area contributed by atoms with E-state index in [1.165, 1.54) is 37.5 Å². The molecular formula is C18H18O5. The van der Waals surface area contributed by atoms with Gasteiger partial charge in [-0.05, 0) is 54.7 Å². The number of ketones is 2. The van der Waals surface area contributed by atoms with E-state index in [0.717, 1.165) is 19.3 Å². The first kappa shape index (κ1) is 14.6. The summed E-state index contributed by atoms with van der Waals surface area (Å²) in [4.78, 5) is 25.2. The lowest BCUT2D eigenvalue weighted by molar-refractivity contribution is -0.244. The van der Waals surface area contributed by atoms with Gasteiger partial charge in [0.2, 0.25) is 17.2 Å². The van der Waals surface area contributed by atoms with Gasteiger partial charge >= 0.3 is 0 Å². The van der Waals surface area contributed by atoms with Crippen LogP contribution in [0.4, 0.5) is 0 Å². The molecule has 1 atom stereocenters. The largest absolute Gasteiger partial charge is 0.472 e. The maximum Gasteiger partial charge on any atom is 0.237 e. The molecule has 0 amide bonds. The molecule has 1 spiro atoms. The molecule has 5 nitrogen and oxygen atoms in total. The lowest BCUT2D eigenvalue weighted by Crippen LogP contribution is -2.64. The molecule has 0 bridgehead atoms. The molecule has 0 saturated carbocycles. The van der Waals surface area contributed by atoms with Crippen LogP contribution in [0, 0.1) is 0 Å². The van der Waals surface area contributed by atoms with Crippen LogP contribution in [-0.2, 0) is 27.1 Å². The van der Waals surface area contributed by atoms with Crippen molar-refractivity contribution in [3.8, 4) is 5.75 Å². The van der Waals surface area contributed by atoms with E-state index < -0.39 is 11.4 Å². The summed E-state index contributed by atoms with van der Waals surface area (Å²) in [5.74, 6) is -1.30. The van der Waals surface area contributed by atoms with Gasteiger partial charge in [0.05, 0.1) is 12.0 Å². The second-order valence-corrected chi connectivity index (χ2v) is 6.28. The number of Topliss-reactive ketones (excluding diaryl/α,β-unsaturated/α-hetero) is 1. The molecule has 1 unspecified atom stereocenters. The first-order valence-corrected chi connectivity index (χ1v) is 7.77. The highest BCUT2D eigenvalue weighted by Gasteiger charge is 2.65. The number of fused-ring (bicyclic) bond motifs is 2. The highest BCUT2D eigenvalue weighted by atomic mass is 16.7. The molecule has 2 aliphatic carbocycles. The topological polar surface area (TPSA) is 61.8 Å². The number of rotatable bonds is 2. The van der Waals surface area contributed by atoms with E-state index in [2.05, 4.69) is 0 Å². The third-order valence-electron chi connectivity index (χ3n) is 5.17. The van der Waals surface area contributed by atoms with Crippen molar-refractivity contribution in [1.82, 2.24) is 0 Å².